The fourth-order valence-corrected chi connectivity index (χ4v) is 2.34. The summed E-state index contributed by atoms with van der Waals surface area (Å²) in [4.78, 5) is 26.3. The molecule has 0 aliphatic carbocycles. The van der Waals surface area contributed by atoms with Gasteiger partial charge < -0.3 is 9.80 Å². The first-order valence-electron chi connectivity index (χ1n) is 6.82. The average molecular weight is 295 g/mol. The summed E-state index contributed by atoms with van der Waals surface area (Å²) in [5, 5.41) is 8.38. The van der Waals surface area contributed by atoms with E-state index < -0.39 is 5.91 Å². The highest BCUT2D eigenvalue weighted by molar-refractivity contribution is 5.83. The Hall–Kier alpha value is -2.15. The first kappa shape index (κ1) is 15.2. The van der Waals surface area contributed by atoms with Crippen LogP contribution < -0.4 is 10.4 Å². The third-order valence-electron chi connectivity index (χ3n) is 3.52. The normalized spacial score (nSPS) is 15.0. The summed E-state index contributed by atoms with van der Waals surface area (Å²) in [6, 6.07) is 6.56. The number of halogens is 1. The van der Waals surface area contributed by atoms with Crippen molar-refractivity contribution in [2.75, 3.05) is 31.1 Å². The van der Waals surface area contributed by atoms with Crippen molar-refractivity contribution in [1.29, 1.82) is 0 Å². The molecular formula is C14H18FN3O3. The molecule has 0 atom stereocenters. The lowest BCUT2D eigenvalue weighted by Gasteiger charge is -2.36. The van der Waals surface area contributed by atoms with Gasteiger partial charge in [0.15, 0.2) is 0 Å². The highest BCUT2D eigenvalue weighted by Gasteiger charge is 2.22. The molecule has 21 heavy (non-hydrogen) atoms. The molecule has 114 valence electrons. The molecule has 0 radical (unpaired) electrons. The van der Waals surface area contributed by atoms with E-state index >= 15 is 0 Å². The van der Waals surface area contributed by atoms with Crippen LogP contribution in [0.1, 0.15) is 12.8 Å². The summed E-state index contributed by atoms with van der Waals surface area (Å²) < 4.78 is 13.7. The number of nitrogens with zero attached hydrogens (tertiary/aromatic N) is 2. The van der Waals surface area contributed by atoms with Crippen LogP contribution in [0.4, 0.5) is 10.1 Å². The number of carbonyl (C=O) groups is 2. The van der Waals surface area contributed by atoms with Gasteiger partial charge in [0.1, 0.15) is 5.82 Å². The number of amides is 2. The third kappa shape index (κ3) is 3.91. The molecule has 1 aliphatic heterocycles. The van der Waals surface area contributed by atoms with Crippen LogP contribution in [0.2, 0.25) is 0 Å². The second kappa shape index (κ2) is 7.03. The molecule has 7 heteroatoms. The lowest BCUT2D eigenvalue weighted by atomic mass is 10.2. The first-order chi connectivity index (χ1) is 10.1. The van der Waals surface area contributed by atoms with Gasteiger partial charge in [-0.2, -0.15) is 0 Å². The van der Waals surface area contributed by atoms with Crippen molar-refractivity contribution in [3.05, 3.63) is 30.1 Å². The van der Waals surface area contributed by atoms with Crippen molar-refractivity contribution in [3.63, 3.8) is 0 Å². The number of benzene rings is 1. The van der Waals surface area contributed by atoms with Crippen LogP contribution in [0.3, 0.4) is 0 Å². The lowest BCUT2D eigenvalue weighted by molar-refractivity contribution is -0.136. The number of nitrogens with one attached hydrogen (secondary N) is 1. The molecule has 0 saturated carbocycles. The maximum Gasteiger partial charge on any atom is 0.243 e. The highest BCUT2D eigenvalue weighted by Crippen LogP contribution is 2.20. The minimum absolute atomic E-state index is 0.0388. The average Bonchev–Trinajstić information content (AvgIpc) is 2.53. The number of hydrogen-bond acceptors (Lipinski definition) is 4. The fraction of sp³-hybridized carbons (Fsp3) is 0.429. The van der Waals surface area contributed by atoms with E-state index in [2.05, 4.69) is 0 Å². The van der Waals surface area contributed by atoms with Gasteiger partial charge in [-0.3, -0.25) is 14.8 Å². The number of rotatable bonds is 4. The molecule has 1 aromatic carbocycles. The molecule has 1 heterocycles. The predicted molar refractivity (Wildman–Crippen MR) is 74.4 cm³/mol. The summed E-state index contributed by atoms with van der Waals surface area (Å²) in [6.07, 6.45) is 0.0228. The Morgan fingerprint density at radius 1 is 1.14 bits per heavy atom. The number of para-hydroxylation sites is 1. The van der Waals surface area contributed by atoms with Gasteiger partial charge in [-0.15, -0.1) is 0 Å². The second-order valence-corrected chi connectivity index (χ2v) is 4.85. The number of piperazine rings is 1. The van der Waals surface area contributed by atoms with E-state index in [0.29, 0.717) is 31.9 Å². The zero-order valence-electron chi connectivity index (χ0n) is 11.6. The van der Waals surface area contributed by atoms with E-state index in [1.807, 2.05) is 4.90 Å². The van der Waals surface area contributed by atoms with Gasteiger partial charge in [-0.05, 0) is 12.1 Å². The Balaban J connectivity index is 1.84. The summed E-state index contributed by atoms with van der Waals surface area (Å²) in [7, 11) is 0. The second-order valence-electron chi connectivity index (χ2n) is 4.85. The van der Waals surface area contributed by atoms with Gasteiger partial charge in [0, 0.05) is 39.0 Å². The zero-order valence-corrected chi connectivity index (χ0v) is 11.6. The van der Waals surface area contributed by atoms with E-state index in [1.54, 1.807) is 23.1 Å². The quantitative estimate of drug-likeness (QED) is 0.635. The predicted octanol–water partition coefficient (Wildman–Crippen LogP) is 0.760. The van der Waals surface area contributed by atoms with Gasteiger partial charge >= 0.3 is 0 Å². The molecule has 2 rings (SSSR count). The van der Waals surface area contributed by atoms with Crippen LogP contribution >= 0.6 is 0 Å². The largest absolute Gasteiger partial charge is 0.366 e. The SMILES string of the molecule is O=C(CCC(=O)N1CCN(c2ccccc2F)CC1)NO. The number of hydrogen-bond donors (Lipinski definition) is 2. The van der Waals surface area contributed by atoms with E-state index in [1.165, 1.54) is 11.5 Å². The van der Waals surface area contributed by atoms with Gasteiger partial charge in [0.05, 0.1) is 5.69 Å². The Labute approximate surface area is 122 Å². The van der Waals surface area contributed by atoms with Crippen LogP contribution in [0, 0.1) is 5.82 Å². The number of anilines is 1. The molecule has 0 unspecified atom stereocenters. The summed E-state index contributed by atoms with van der Waals surface area (Å²) in [5.74, 6) is -0.975. The fourth-order valence-electron chi connectivity index (χ4n) is 2.34. The smallest absolute Gasteiger partial charge is 0.243 e. The first-order valence-corrected chi connectivity index (χ1v) is 6.82. The van der Waals surface area contributed by atoms with Crippen molar-refractivity contribution in [2.24, 2.45) is 0 Å². The number of carbonyl (C=O) groups excluding carboxylic acids is 2. The van der Waals surface area contributed by atoms with Crippen molar-refractivity contribution in [1.82, 2.24) is 10.4 Å². The third-order valence-corrected chi connectivity index (χ3v) is 3.52. The summed E-state index contributed by atoms with van der Waals surface area (Å²) in [5.41, 5.74) is 2.04. The minimum Gasteiger partial charge on any atom is -0.366 e. The molecule has 0 bridgehead atoms. The van der Waals surface area contributed by atoms with Crippen molar-refractivity contribution >= 4 is 17.5 Å². The molecule has 2 amide bonds. The molecule has 1 fully saturated rings. The van der Waals surface area contributed by atoms with E-state index in [9.17, 15) is 14.0 Å². The molecule has 1 saturated heterocycles. The molecule has 0 aromatic heterocycles. The topological polar surface area (TPSA) is 72.9 Å². The molecular weight excluding hydrogens is 277 g/mol. The van der Waals surface area contributed by atoms with Crippen LogP contribution in [0.25, 0.3) is 0 Å². The van der Waals surface area contributed by atoms with E-state index in [4.69, 9.17) is 5.21 Å². The zero-order chi connectivity index (χ0) is 15.2. The van der Waals surface area contributed by atoms with Crippen LogP contribution in [0.5, 0.6) is 0 Å². The minimum atomic E-state index is -0.576. The molecule has 2 N–H and O–H groups in total. The Kier molecular flexibility index (Phi) is 5.10. The standard InChI is InChI=1S/C14H18FN3O3/c15-11-3-1-2-4-12(11)17-7-9-18(10-8-17)14(20)6-5-13(19)16-21/h1-4,21H,5-10H2,(H,16,19). The summed E-state index contributed by atoms with van der Waals surface area (Å²) in [6.45, 7) is 2.10. The van der Waals surface area contributed by atoms with Gasteiger partial charge in [-0.25, -0.2) is 9.87 Å². The van der Waals surface area contributed by atoms with Crippen LogP contribution in [-0.2, 0) is 9.59 Å². The maximum absolute atomic E-state index is 13.7. The van der Waals surface area contributed by atoms with Crippen molar-refractivity contribution in [2.45, 2.75) is 12.8 Å². The number of hydroxylamine groups is 1. The van der Waals surface area contributed by atoms with Gasteiger partial charge in [-0.1, -0.05) is 12.1 Å². The highest BCUT2D eigenvalue weighted by atomic mass is 19.1. The Morgan fingerprint density at radius 2 is 1.81 bits per heavy atom. The molecule has 1 aromatic rings. The van der Waals surface area contributed by atoms with Gasteiger partial charge in [0.2, 0.25) is 11.8 Å². The van der Waals surface area contributed by atoms with E-state index in [0.717, 1.165) is 0 Å². The molecule has 0 spiro atoms. The van der Waals surface area contributed by atoms with Crippen LogP contribution in [0.15, 0.2) is 24.3 Å². The van der Waals surface area contributed by atoms with Crippen molar-refractivity contribution in [3.8, 4) is 0 Å². The van der Waals surface area contributed by atoms with Crippen LogP contribution in [-0.4, -0.2) is 48.1 Å². The van der Waals surface area contributed by atoms with Gasteiger partial charge in [0.25, 0.3) is 0 Å². The lowest BCUT2D eigenvalue weighted by Crippen LogP contribution is -2.49. The van der Waals surface area contributed by atoms with Crippen molar-refractivity contribution < 1.29 is 19.2 Å². The Bertz CT molecular complexity index is 516. The molecule has 6 nitrogen and oxygen atoms in total. The maximum atomic E-state index is 13.7. The summed E-state index contributed by atoms with van der Waals surface area (Å²) >= 11 is 0. The Morgan fingerprint density at radius 3 is 2.43 bits per heavy atom. The molecule has 1 aliphatic rings. The monoisotopic (exact) mass is 295 g/mol. The van der Waals surface area contributed by atoms with E-state index in [-0.39, 0.29) is 24.6 Å².